The number of nitrogens with two attached hydrogens (primary N) is 2. The van der Waals surface area contributed by atoms with Gasteiger partial charge in [0.1, 0.15) is 11.6 Å². The Morgan fingerprint density at radius 2 is 2.12 bits per heavy atom. The first kappa shape index (κ1) is 11.3. The molecule has 1 aliphatic heterocycles. The van der Waals surface area contributed by atoms with Crippen LogP contribution >= 0.6 is 0 Å². The van der Waals surface area contributed by atoms with Crippen molar-refractivity contribution in [2.45, 2.75) is 38.5 Å². The highest BCUT2D eigenvalue weighted by Gasteiger charge is 2.23. The predicted molar refractivity (Wildman–Crippen MR) is 63.6 cm³/mol. The SMILES string of the molecule is CCCc1nc(C2CCOCC2)c(N)n1N. The molecule has 90 valence electrons. The smallest absolute Gasteiger partial charge is 0.146 e. The van der Waals surface area contributed by atoms with E-state index in [1.54, 1.807) is 0 Å². The summed E-state index contributed by atoms with van der Waals surface area (Å²) in [5.41, 5.74) is 6.97. The highest BCUT2D eigenvalue weighted by atomic mass is 16.5. The van der Waals surface area contributed by atoms with Crippen molar-refractivity contribution in [1.29, 1.82) is 0 Å². The summed E-state index contributed by atoms with van der Waals surface area (Å²) in [6, 6.07) is 0. The maximum Gasteiger partial charge on any atom is 0.146 e. The number of ether oxygens (including phenoxy) is 1. The zero-order valence-electron chi connectivity index (χ0n) is 9.78. The van der Waals surface area contributed by atoms with Gasteiger partial charge in [0.25, 0.3) is 0 Å². The topological polar surface area (TPSA) is 79.1 Å². The Kier molecular flexibility index (Phi) is 3.33. The number of rotatable bonds is 3. The first-order valence-electron chi connectivity index (χ1n) is 5.93. The molecule has 1 saturated heterocycles. The van der Waals surface area contributed by atoms with Crippen LogP contribution in [-0.4, -0.2) is 22.9 Å². The van der Waals surface area contributed by atoms with Gasteiger partial charge >= 0.3 is 0 Å². The second-order valence-corrected chi connectivity index (χ2v) is 4.31. The van der Waals surface area contributed by atoms with Crippen LogP contribution in [0, 0.1) is 0 Å². The molecule has 0 atom stereocenters. The Labute approximate surface area is 95.7 Å². The fraction of sp³-hybridized carbons (Fsp3) is 0.727. The van der Waals surface area contributed by atoms with Gasteiger partial charge in [-0.2, -0.15) is 0 Å². The highest BCUT2D eigenvalue weighted by Crippen LogP contribution is 2.30. The summed E-state index contributed by atoms with van der Waals surface area (Å²) < 4.78 is 6.87. The van der Waals surface area contributed by atoms with Crippen LogP contribution in [0.4, 0.5) is 5.82 Å². The van der Waals surface area contributed by atoms with Crippen molar-refractivity contribution in [3.05, 3.63) is 11.5 Å². The summed E-state index contributed by atoms with van der Waals surface area (Å²) in [4.78, 5) is 4.58. The first-order valence-corrected chi connectivity index (χ1v) is 5.93. The Hall–Kier alpha value is -1.23. The van der Waals surface area contributed by atoms with E-state index in [1.165, 1.54) is 4.68 Å². The quantitative estimate of drug-likeness (QED) is 0.751. The van der Waals surface area contributed by atoms with Gasteiger partial charge in [0.05, 0.1) is 5.69 Å². The lowest BCUT2D eigenvalue weighted by molar-refractivity contribution is 0.0847. The van der Waals surface area contributed by atoms with Gasteiger partial charge in [0, 0.05) is 25.6 Å². The van der Waals surface area contributed by atoms with Crippen LogP contribution in [0.2, 0.25) is 0 Å². The maximum atomic E-state index is 6.00. The van der Waals surface area contributed by atoms with Crippen LogP contribution in [0.5, 0.6) is 0 Å². The van der Waals surface area contributed by atoms with E-state index in [9.17, 15) is 0 Å². The third-order valence-corrected chi connectivity index (χ3v) is 3.13. The molecule has 1 aromatic heterocycles. The average Bonchev–Trinajstić information content (AvgIpc) is 2.59. The Bertz CT molecular complexity index is 355. The number of anilines is 1. The fourth-order valence-electron chi connectivity index (χ4n) is 2.18. The number of aromatic nitrogens is 2. The monoisotopic (exact) mass is 224 g/mol. The fourth-order valence-corrected chi connectivity index (χ4v) is 2.18. The van der Waals surface area contributed by atoms with E-state index >= 15 is 0 Å². The summed E-state index contributed by atoms with van der Waals surface area (Å²) in [7, 11) is 0. The van der Waals surface area contributed by atoms with Crippen molar-refractivity contribution in [2.75, 3.05) is 24.8 Å². The molecule has 1 fully saturated rings. The number of hydrogen-bond donors (Lipinski definition) is 2. The van der Waals surface area contributed by atoms with Crippen LogP contribution in [0.1, 0.15) is 43.6 Å². The molecule has 2 rings (SSSR count). The van der Waals surface area contributed by atoms with E-state index in [0.717, 1.165) is 50.4 Å². The summed E-state index contributed by atoms with van der Waals surface area (Å²) >= 11 is 0. The molecule has 0 radical (unpaired) electrons. The van der Waals surface area contributed by atoms with Crippen LogP contribution in [0.25, 0.3) is 0 Å². The molecule has 0 aromatic carbocycles. The Morgan fingerprint density at radius 1 is 1.44 bits per heavy atom. The molecule has 4 N–H and O–H groups in total. The molecule has 0 spiro atoms. The van der Waals surface area contributed by atoms with Gasteiger partial charge in [-0.3, -0.25) is 0 Å². The van der Waals surface area contributed by atoms with Gasteiger partial charge < -0.3 is 16.3 Å². The van der Waals surface area contributed by atoms with Gasteiger partial charge in [-0.05, 0) is 19.3 Å². The lowest BCUT2D eigenvalue weighted by atomic mass is 9.96. The predicted octanol–water partition coefficient (Wildman–Crippen LogP) is 1.03. The van der Waals surface area contributed by atoms with E-state index < -0.39 is 0 Å². The number of nitrogen functional groups attached to an aromatic ring is 2. The zero-order chi connectivity index (χ0) is 11.5. The second kappa shape index (κ2) is 4.74. The summed E-state index contributed by atoms with van der Waals surface area (Å²) in [5.74, 6) is 7.82. The van der Waals surface area contributed by atoms with E-state index in [1.807, 2.05) is 0 Å². The molecule has 5 nitrogen and oxygen atoms in total. The Balaban J connectivity index is 2.22. The minimum Gasteiger partial charge on any atom is -0.382 e. The zero-order valence-corrected chi connectivity index (χ0v) is 9.78. The van der Waals surface area contributed by atoms with Gasteiger partial charge in [-0.1, -0.05) is 6.92 Å². The molecule has 1 aliphatic rings. The third kappa shape index (κ3) is 2.00. The minimum atomic E-state index is 0.411. The second-order valence-electron chi connectivity index (χ2n) is 4.31. The van der Waals surface area contributed by atoms with Crippen LogP contribution in [0.15, 0.2) is 0 Å². The largest absolute Gasteiger partial charge is 0.382 e. The van der Waals surface area contributed by atoms with Crippen LogP contribution in [0.3, 0.4) is 0 Å². The van der Waals surface area contributed by atoms with E-state index in [0.29, 0.717) is 11.7 Å². The van der Waals surface area contributed by atoms with Crippen LogP contribution < -0.4 is 11.6 Å². The summed E-state index contributed by atoms with van der Waals surface area (Å²) in [6.45, 7) is 3.70. The highest BCUT2D eigenvalue weighted by molar-refractivity contribution is 5.41. The molecule has 0 aliphatic carbocycles. The lowest BCUT2D eigenvalue weighted by Gasteiger charge is -2.20. The van der Waals surface area contributed by atoms with Crippen molar-refractivity contribution in [2.24, 2.45) is 0 Å². The maximum absolute atomic E-state index is 6.00. The number of hydrogen-bond acceptors (Lipinski definition) is 4. The van der Waals surface area contributed by atoms with E-state index in [4.69, 9.17) is 16.3 Å². The van der Waals surface area contributed by atoms with E-state index in [2.05, 4.69) is 11.9 Å². The lowest BCUT2D eigenvalue weighted by Crippen LogP contribution is -2.17. The minimum absolute atomic E-state index is 0.411. The number of aryl methyl sites for hydroxylation is 1. The van der Waals surface area contributed by atoms with Crippen molar-refractivity contribution < 1.29 is 4.74 Å². The molecule has 0 amide bonds. The molecule has 0 bridgehead atoms. The van der Waals surface area contributed by atoms with Crippen LogP contribution in [-0.2, 0) is 11.2 Å². The van der Waals surface area contributed by atoms with E-state index in [-0.39, 0.29) is 0 Å². The molecular weight excluding hydrogens is 204 g/mol. The number of imidazole rings is 1. The van der Waals surface area contributed by atoms with Crippen molar-refractivity contribution >= 4 is 5.82 Å². The molecule has 0 unspecified atom stereocenters. The van der Waals surface area contributed by atoms with Gasteiger partial charge in [-0.15, -0.1) is 0 Å². The van der Waals surface area contributed by atoms with Crippen molar-refractivity contribution in [3.8, 4) is 0 Å². The molecule has 16 heavy (non-hydrogen) atoms. The molecule has 5 heteroatoms. The number of nitrogens with zero attached hydrogens (tertiary/aromatic N) is 2. The molecule has 2 heterocycles. The molecular formula is C11H20N4O. The average molecular weight is 224 g/mol. The first-order chi connectivity index (χ1) is 7.74. The van der Waals surface area contributed by atoms with Gasteiger partial charge in [0.2, 0.25) is 0 Å². The van der Waals surface area contributed by atoms with Crippen molar-refractivity contribution in [3.63, 3.8) is 0 Å². The molecule has 1 aromatic rings. The third-order valence-electron chi connectivity index (χ3n) is 3.13. The normalized spacial score (nSPS) is 17.8. The van der Waals surface area contributed by atoms with Gasteiger partial charge in [0.15, 0.2) is 0 Å². The summed E-state index contributed by atoms with van der Waals surface area (Å²) in [5, 5.41) is 0. The molecule has 0 saturated carbocycles. The van der Waals surface area contributed by atoms with Gasteiger partial charge in [-0.25, -0.2) is 9.66 Å². The Morgan fingerprint density at radius 3 is 2.75 bits per heavy atom. The standard InChI is InChI=1S/C11H20N4O/c1-2-3-9-14-10(11(12)15(9)13)8-4-6-16-7-5-8/h8H,2-7,12-13H2,1H3. The summed E-state index contributed by atoms with van der Waals surface area (Å²) in [6.07, 6.45) is 3.89. The van der Waals surface area contributed by atoms with Crippen molar-refractivity contribution in [1.82, 2.24) is 9.66 Å².